The lowest BCUT2D eigenvalue weighted by molar-refractivity contribution is -0.135. The van der Waals surface area contributed by atoms with E-state index in [1.807, 2.05) is 0 Å². The molecule has 0 bridgehead atoms. The molecule has 0 aromatic rings. The number of carbonyl (C=O) groups is 1. The molecule has 0 saturated carbocycles. The molecule has 0 rings (SSSR count). The van der Waals surface area contributed by atoms with Crippen molar-refractivity contribution < 1.29 is 18.0 Å². The highest BCUT2D eigenvalue weighted by atomic mass is 35.5. The largest absolute Gasteiger partial charge is 0.389 e. The fraction of sp³-hybridized carbons (Fsp3) is 0.875. The van der Waals surface area contributed by atoms with Crippen LogP contribution in [0.1, 0.15) is 38.5 Å². The first-order valence-electron chi connectivity index (χ1n) is 4.17. The van der Waals surface area contributed by atoms with Gasteiger partial charge in [0.15, 0.2) is 0 Å². The van der Waals surface area contributed by atoms with Crippen LogP contribution in [0, 0.1) is 0 Å². The minimum absolute atomic E-state index is 0.139. The zero-order chi connectivity index (χ0) is 10.3. The van der Waals surface area contributed by atoms with Gasteiger partial charge in [0.05, 0.1) is 0 Å². The van der Waals surface area contributed by atoms with E-state index in [9.17, 15) is 18.0 Å². The topological polar surface area (TPSA) is 17.1 Å². The Hall–Kier alpha value is -0.250. The van der Waals surface area contributed by atoms with Crippen LogP contribution in [-0.4, -0.2) is 11.4 Å². The fourth-order valence-corrected chi connectivity index (χ4v) is 1.08. The molecule has 0 heterocycles. The van der Waals surface area contributed by atoms with Crippen LogP contribution in [0.25, 0.3) is 0 Å². The Bertz CT molecular complexity index is 156. The predicted octanol–water partition coefficient (Wildman–Crippen LogP) is 3.65. The van der Waals surface area contributed by atoms with Crippen LogP contribution in [0.15, 0.2) is 0 Å². The normalized spacial score (nSPS) is 11.7. The number of rotatable bonds is 6. The summed E-state index contributed by atoms with van der Waals surface area (Å²) in [5, 5.41) is -0.421. The van der Waals surface area contributed by atoms with Gasteiger partial charge in [0, 0.05) is 12.8 Å². The third-order valence-corrected chi connectivity index (χ3v) is 1.77. The number of hydrogen-bond acceptors (Lipinski definition) is 1. The van der Waals surface area contributed by atoms with Gasteiger partial charge in [-0.25, -0.2) is 0 Å². The van der Waals surface area contributed by atoms with Gasteiger partial charge >= 0.3 is 6.18 Å². The van der Waals surface area contributed by atoms with Crippen molar-refractivity contribution in [1.29, 1.82) is 0 Å². The lowest BCUT2D eigenvalue weighted by Crippen LogP contribution is -2.06. The summed E-state index contributed by atoms with van der Waals surface area (Å²) in [6, 6.07) is 0. The van der Waals surface area contributed by atoms with Crippen LogP contribution in [0.5, 0.6) is 0 Å². The first-order valence-corrected chi connectivity index (χ1v) is 4.55. The van der Waals surface area contributed by atoms with E-state index in [0.717, 1.165) is 0 Å². The van der Waals surface area contributed by atoms with E-state index in [1.165, 1.54) is 0 Å². The molecule has 5 heteroatoms. The van der Waals surface area contributed by atoms with Gasteiger partial charge in [-0.3, -0.25) is 4.79 Å². The van der Waals surface area contributed by atoms with Crippen molar-refractivity contribution in [1.82, 2.24) is 0 Å². The van der Waals surface area contributed by atoms with Crippen molar-refractivity contribution in [2.45, 2.75) is 44.7 Å². The zero-order valence-corrected chi connectivity index (χ0v) is 7.92. The second-order valence-corrected chi connectivity index (χ2v) is 3.31. The van der Waals surface area contributed by atoms with E-state index in [4.69, 9.17) is 11.6 Å². The van der Waals surface area contributed by atoms with E-state index in [1.54, 1.807) is 0 Å². The SMILES string of the molecule is O=C(Cl)CCCCCCC(F)(F)F. The highest BCUT2D eigenvalue weighted by molar-refractivity contribution is 6.63. The molecule has 13 heavy (non-hydrogen) atoms. The molecular formula is C8H12ClF3O. The first kappa shape index (κ1) is 12.8. The van der Waals surface area contributed by atoms with Gasteiger partial charge in [-0.05, 0) is 24.4 Å². The zero-order valence-electron chi connectivity index (χ0n) is 7.16. The summed E-state index contributed by atoms with van der Waals surface area (Å²) in [4.78, 5) is 10.2. The van der Waals surface area contributed by atoms with Crippen molar-refractivity contribution in [3.05, 3.63) is 0 Å². The maximum atomic E-state index is 11.6. The van der Waals surface area contributed by atoms with Gasteiger partial charge < -0.3 is 0 Å². The minimum atomic E-state index is -4.05. The predicted molar refractivity (Wildman–Crippen MR) is 44.6 cm³/mol. The third kappa shape index (κ3) is 11.8. The van der Waals surface area contributed by atoms with Crippen LogP contribution in [0.4, 0.5) is 13.2 Å². The Balaban J connectivity index is 3.13. The second-order valence-electron chi connectivity index (χ2n) is 2.88. The van der Waals surface area contributed by atoms with Crippen LogP contribution >= 0.6 is 11.6 Å². The smallest absolute Gasteiger partial charge is 0.281 e. The number of alkyl halides is 3. The van der Waals surface area contributed by atoms with Crippen molar-refractivity contribution >= 4 is 16.8 Å². The Morgan fingerprint density at radius 1 is 1.08 bits per heavy atom. The lowest BCUT2D eigenvalue weighted by Gasteiger charge is -2.04. The van der Waals surface area contributed by atoms with Crippen LogP contribution in [-0.2, 0) is 4.79 Å². The average Bonchev–Trinajstić information content (AvgIpc) is 1.93. The summed E-state index contributed by atoms with van der Waals surface area (Å²) in [5.41, 5.74) is 0. The highest BCUT2D eigenvalue weighted by Gasteiger charge is 2.25. The molecule has 0 N–H and O–H groups in total. The molecule has 78 valence electrons. The summed E-state index contributed by atoms with van der Waals surface area (Å²) < 4.78 is 34.9. The van der Waals surface area contributed by atoms with Gasteiger partial charge in [-0.1, -0.05) is 12.8 Å². The second kappa shape index (κ2) is 6.24. The number of halogens is 4. The van der Waals surface area contributed by atoms with Gasteiger partial charge in [0.1, 0.15) is 0 Å². The van der Waals surface area contributed by atoms with E-state index >= 15 is 0 Å². The van der Waals surface area contributed by atoms with E-state index in [-0.39, 0.29) is 12.8 Å². The van der Waals surface area contributed by atoms with Gasteiger partial charge in [0.25, 0.3) is 0 Å². The van der Waals surface area contributed by atoms with Gasteiger partial charge in [-0.2, -0.15) is 13.2 Å². The Kier molecular flexibility index (Phi) is 6.12. The first-order chi connectivity index (χ1) is 5.92. The molecule has 0 aliphatic rings. The Morgan fingerprint density at radius 3 is 2.08 bits per heavy atom. The molecule has 0 aromatic carbocycles. The summed E-state index contributed by atoms with van der Waals surface area (Å²) in [5.74, 6) is 0. The van der Waals surface area contributed by atoms with Crippen LogP contribution < -0.4 is 0 Å². The molecule has 0 fully saturated rings. The molecule has 0 aliphatic heterocycles. The maximum Gasteiger partial charge on any atom is 0.389 e. The van der Waals surface area contributed by atoms with Crippen LogP contribution in [0.2, 0.25) is 0 Å². The van der Waals surface area contributed by atoms with E-state index < -0.39 is 17.8 Å². The molecule has 0 spiro atoms. The monoisotopic (exact) mass is 216 g/mol. The average molecular weight is 217 g/mol. The third-order valence-electron chi connectivity index (χ3n) is 1.58. The molecule has 0 atom stereocenters. The summed E-state index contributed by atoms with van der Waals surface area (Å²) in [6.07, 6.45) is -2.67. The molecule has 0 aromatic heterocycles. The molecule has 0 radical (unpaired) electrons. The molecule has 1 nitrogen and oxygen atoms in total. The summed E-state index contributed by atoms with van der Waals surface area (Å²) in [6.45, 7) is 0. The number of hydrogen-bond donors (Lipinski definition) is 0. The lowest BCUT2D eigenvalue weighted by atomic mass is 10.1. The van der Waals surface area contributed by atoms with Crippen molar-refractivity contribution in [3.8, 4) is 0 Å². The Morgan fingerprint density at radius 2 is 1.62 bits per heavy atom. The Labute approximate surface area is 80.3 Å². The summed E-state index contributed by atoms with van der Waals surface area (Å²) >= 11 is 5.04. The molecule has 0 aliphatic carbocycles. The van der Waals surface area contributed by atoms with Crippen molar-refractivity contribution in [2.75, 3.05) is 0 Å². The highest BCUT2D eigenvalue weighted by Crippen LogP contribution is 2.22. The molecule has 0 saturated heterocycles. The fourth-order valence-electron chi connectivity index (χ4n) is 0.943. The quantitative estimate of drug-likeness (QED) is 0.489. The van der Waals surface area contributed by atoms with Gasteiger partial charge in [0.2, 0.25) is 5.24 Å². The van der Waals surface area contributed by atoms with Crippen molar-refractivity contribution in [3.63, 3.8) is 0 Å². The standard InChI is InChI=1S/C8H12ClF3O/c9-7(13)5-3-1-2-4-6-8(10,11)12/h1-6H2. The van der Waals surface area contributed by atoms with E-state index in [2.05, 4.69) is 0 Å². The maximum absolute atomic E-state index is 11.6. The minimum Gasteiger partial charge on any atom is -0.281 e. The number of unbranched alkanes of at least 4 members (excludes halogenated alkanes) is 3. The van der Waals surface area contributed by atoms with Crippen LogP contribution in [0.3, 0.4) is 0 Å². The molecular weight excluding hydrogens is 205 g/mol. The molecule has 0 unspecified atom stereocenters. The van der Waals surface area contributed by atoms with Gasteiger partial charge in [-0.15, -0.1) is 0 Å². The van der Waals surface area contributed by atoms with E-state index in [0.29, 0.717) is 19.3 Å². The summed E-state index contributed by atoms with van der Waals surface area (Å²) in [7, 11) is 0. The molecule has 0 amide bonds. The van der Waals surface area contributed by atoms with Crippen molar-refractivity contribution in [2.24, 2.45) is 0 Å². The number of carbonyl (C=O) groups excluding carboxylic acids is 1.